The molecule has 3 rings (SSSR count). The number of sulfonamides is 1. The zero-order valence-corrected chi connectivity index (χ0v) is 17.0. The fraction of sp³-hybridized carbons (Fsp3) is 0.500. The summed E-state index contributed by atoms with van der Waals surface area (Å²) in [5.41, 5.74) is 2.01. The molecule has 146 valence electrons. The summed E-state index contributed by atoms with van der Waals surface area (Å²) in [6, 6.07) is 9.39. The molecule has 1 aromatic heterocycles. The topological polar surface area (TPSA) is 98.0 Å². The molecule has 0 saturated heterocycles. The predicted octanol–water partition coefficient (Wildman–Crippen LogP) is 3.59. The van der Waals surface area contributed by atoms with Gasteiger partial charge in [0, 0.05) is 11.6 Å². The van der Waals surface area contributed by atoms with E-state index in [0.717, 1.165) is 12.2 Å². The van der Waals surface area contributed by atoms with Crippen molar-refractivity contribution in [2.24, 2.45) is 17.0 Å². The highest BCUT2D eigenvalue weighted by atomic mass is 32.2. The largest absolute Gasteiger partial charge is 0.366 e. The fourth-order valence-corrected chi connectivity index (χ4v) is 4.68. The van der Waals surface area contributed by atoms with E-state index in [2.05, 4.69) is 29.4 Å². The maximum atomic E-state index is 11.9. The second-order valence-corrected chi connectivity index (χ2v) is 9.07. The summed E-state index contributed by atoms with van der Waals surface area (Å²) in [6.07, 6.45) is 4.25. The smallest absolute Gasteiger partial charge is 0.238 e. The first-order chi connectivity index (χ1) is 12.8. The number of hydrogen-bond donors (Lipinski definition) is 2. The van der Waals surface area contributed by atoms with Crippen LogP contribution in [0.5, 0.6) is 0 Å². The summed E-state index contributed by atoms with van der Waals surface area (Å²) in [7, 11) is -3.78. The van der Waals surface area contributed by atoms with Crippen molar-refractivity contribution in [2.45, 2.75) is 57.4 Å². The molecule has 7 heteroatoms. The van der Waals surface area contributed by atoms with Gasteiger partial charge in [-0.15, -0.1) is 10.2 Å². The highest BCUT2D eigenvalue weighted by Crippen LogP contribution is 2.31. The molecule has 0 radical (unpaired) electrons. The van der Waals surface area contributed by atoms with Crippen LogP contribution in [0.1, 0.15) is 45.6 Å². The first-order valence-corrected chi connectivity index (χ1v) is 11.1. The van der Waals surface area contributed by atoms with Crippen LogP contribution in [0.15, 0.2) is 35.2 Å². The molecule has 0 spiro atoms. The van der Waals surface area contributed by atoms with E-state index in [4.69, 9.17) is 5.14 Å². The molecule has 6 nitrogen and oxygen atoms in total. The number of hydrogen-bond acceptors (Lipinski definition) is 5. The van der Waals surface area contributed by atoms with Crippen LogP contribution in [0, 0.1) is 11.8 Å². The van der Waals surface area contributed by atoms with Crippen LogP contribution in [0.25, 0.3) is 11.3 Å². The second kappa shape index (κ2) is 7.94. The van der Waals surface area contributed by atoms with Gasteiger partial charge in [-0.1, -0.05) is 45.7 Å². The van der Waals surface area contributed by atoms with E-state index in [1.165, 1.54) is 12.8 Å². The van der Waals surface area contributed by atoms with Crippen LogP contribution in [0.4, 0.5) is 5.82 Å². The molecule has 0 aliphatic heterocycles. The molecule has 1 aliphatic carbocycles. The van der Waals surface area contributed by atoms with E-state index in [0.29, 0.717) is 41.1 Å². The van der Waals surface area contributed by atoms with Crippen LogP contribution >= 0.6 is 0 Å². The monoisotopic (exact) mass is 388 g/mol. The minimum absolute atomic E-state index is 0.150. The number of nitrogens with two attached hydrogens (primary N) is 1. The number of nitrogens with zero attached hydrogens (tertiary/aromatic N) is 2. The van der Waals surface area contributed by atoms with Crippen LogP contribution in [0.2, 0.25) is 0 Å². The molecule has 1 aromatic carbocycles. The Morgan fingerprint density at radius 2 is 1.93 bits per heavy atom. The minimum Gasteiger partial charge on any atom is -0.366 e. The molecule has 0 bridgehead atoms. The summed E-state index contributed by atoms with van der Waals surface area (Å²) >= 11 is 0. The van der Waals surface area contributed by atoms with Gasteiger partial charge in [0.15, 0.2) is 0 Å². The third-order valence-electron chi connectivity index (χ3n) is 5.76. The lowest BCUT2D eigenvalue weighted by Crippen LogP contribution is -2.35. The minimum atomic E-state index is -3.78. The molecule has 1 saturated carbocycles. The Morgan fingerprint density at radius 3 is 2.56 bits per heavy atom. The SMILES string of the molecule is CCc1ccc(-c2ccc(N[C@@H]3CCC[C@@H](C)[C@H]3C)nn2)cc1S(N)(=O)=O. The van der Waals surface area contributed by atoms with Gasteiger partial charge >= 0.3 is 0 Å². The molecule has 1 aliphatic rings. The Balaban J connectivity index is 1.81. The number of anilines is 1. The van der Waals surface area contributed by atoms with Gasteiger partial charge in [0.2, 0.25) is 10.0 Å². The number of benzene rings is 1. The Hall–Kier alpha value is -1.99. The Kier molecular flexibility index (Phi) is 5.81. The predicted molar refractivity (Wildman–Crippen MR) is 108 cm³/mol. The number of nitrogens with one attached hydrogen (secondary N) is 1. The number of aromatic nitrogens is 2. The normalized spacial score (nSPS) is 23.2. The van der Waals surface area contributed by atoms with Crippen LogP contribution in [0.3, 0.4) is 0 Å². The number of aryl methyl sites for hydroxylation is 1. The lowest BCUT2D eigenvalue weighted by atomic mass is 9.78. The molecular weight excluding hydrogens is 360 g/mol. The van der Waals surface area contributed by atoms with Gasteiger partial charge in [-0.2, -0.15) is 0 Å². The average Bonchev–Trinajstić information content (AvgIpc) is 2.65. The Labute approximate surface area is 161 Å². The van der Waals surface area contributed by atoms with Gasteiger partial charge < -0.3 is 5.32 Å². The maximum absolute atomic E-state index is 11.9. The molecule has 0 amide bonds. The van der Waals surface area contributed by atoms with Crippen LogP contribution < -0.4 is 10.5 Å². The van der Waals surface area contributed by atoms with Gasteiger partial charge in [0.05, 0.1) is 10.6 Å². The molecule has 0 unspecified atom stereocenters. The highest BCUT2D eigenvalue weighted by molar-refractivity contribution is 7.89. The maximum Gasteiger partial charge on any atom is 0.238 e. The summed E-state index contributed by atoms with van der Waals surface area (Å²) in [6.45, 7) is 6.49. The third-order valence-corrected chi connectivity index (χ3v) is 6.75. The van der Waals surface area contributed by atoms with E-state index < -0.39 is 10.0 Å². The summed E-state index contributed by atoms with van der Waals surface area (Å²) < 4.78 is 23.7. The fourth-order valence-electron chi connectivity index (χ4n) is 3.81. The van der Waals surface area contributed by atoms with Crippen molar-refractivity contribution in [3.63, 3.8) is 0 Å². The number of rotatable bonds is 5. The third kappa shape index (κ3) is 4.47. The first-order valence-electron chi connectivity index (χ1n) is 9.56. The molecule has 27 heavy (non-hydrogen) atoms. The van der Waals surface area contributed by atoms with E-state index in [1.54, 1.807) is 12.1 Å². The Bertz CT molecular complexity index is 897. The van der Waals surface area contributed by atoms with Crippen LogP contribution in [-0.2, 0) is 16.4 Å². The molecule has 3 atom stereocenters. The molecule has 1 fully saturated rings. The molecule has 1 heterocycles. The van der Waals surface area contributed by atoms with Gasteiger partial charge in [0.25, 0.3) is 0 Å². The molecule has 2 aromatic rings. The van der Waals surface area contributed by atoms with Crippen molar-refractivity contribution in [2.75, 3.05) is 5.32 Å². The van der Waals surface area contributed by atoms with E-state index in [1.807, 2.05) is 25.1 Å². The van der Waals surface area contributed by atoms with Crippen molar-refractivity contribution >= 4 is 15.8 Å². The van der Waals surface area contributed by atoms with Crippen molar-refractivity contribution in [3.8, 4) is 11.3 Å². The highest BCUT2D eigenvalue weighted by Gasteiger charge is 2.27. The van der Waals surface area contributed by atoms with Crippen molar-refractivity contribution < 1.29 is 8.42 Å². The van der Waals surface area contributed by atoms with Crippen molar-refractivity contribution in [1.82, 2.24) is 10.2 Å². The Morgan fingerprint density at radius 1 is 1.15 bits per heavy atom. The first kappa shape index (κ1) is 19.8. The second-order valence-electron chi connectivity index (χ2n) is 7.54. The lowest BCUT2D eigenvalue weighted by Gasteiger charge is -2.34. The van der Waals surface area contributed by atoms with Gasteiger partial charge in [-0.05, 0) is 48.4 Å². The van der Waals surface area contributed by atoms with E-state index in [-0.39, 0.29) is 4.90 Å². The van der Waals surface area contributed by atoms with Gasteiger partial charge in [0.1, 0.15) is 5.82 Å². The van der Waals surface area contributed by atoms with E-state index in [9.17, 15) is 8.42 Å². The quantitative estimate of drug-likeness (QED) is 0.816. The van der Waals surface area contributed by atoms with Crippen molar-refractivity contribution in [3.05, 3.63) is 35.9 Å². The molecular formula is C20H28N4O2S. The van der Waals surface area contributed by atoms with Crippen LogP contribution in [-0.4, -0.2) is 24.7 Å². The summed E-state index contributed by atoms with van der Waals surface area (Å²) in [5.74, 6) is 2.05. The zero-order valence-electron chi connectivity index (χ0n) is 16.1. The number of primary sulfonamides is 1. The average molecular weight is 389 g/mol. The zero-order chi connectivity index (χ0) is 19.6. The van der Waals surface area contributed by atoms with Gasteiger partial charge in [-0.3, -0.25) is 0 Å². The standard InChI is InChI=1S/C20H28N4O2S/c1-4-15-8-9-16(12-19(15)27(21,25)26)18-10-11-20(24-23-18)22-17-7-5-6-13(2)14(17)3/h8-14,17H,4-7H2,1-3H3,(H,22,24)(H2,21,25,26)/t13-,14-,17-/m1/s1. The summed E-state index contributed by atoms with van der Waals surface area (Å²) in [4.78, 5) is 0.150. The van der Waals surface area contributed by atoms with E-state index >= 15 is 0 Å². The summed E-state index contributed by atoms with van der Waals surface area (Å²) in [5, 5.41) is 17.5. The molecule has 3 N–H and O–H groups in total. The van der Waals surface area contributed by atoms with Gasteiger partial charge in [-0.25, -0.2) is 13.6 Å². The van der Waals surface area contributed by atoms with Crippen molar-refractivity contribution in [1.29, 1.82) is 0 Å². The lowest BCUT2D eigenvalue weighted by molar-refractivity contribution is 0.253.